The largest absolute Gasteiger partial charge is 0.444 e. The molecule has 0 aliphatic rings. The number of rotatable bonds is 3. The Morgan fingerprint density at radius 2 is 1.85 bits per heavy atom. The molecule has 110 valence electrons. The van der Waals surface area contributed by atoms with Crippen LogP contribution in [-0.2, 0) is 4.74 Å². The van der Waals surface area contributed by atoms with Crippen molar-refractivity contribution in [1.29, 1.82) is 0 Å². The van der Waals surface area contributed by atoms with Crippen LogP contribution in [-0.4, -0.2) is 18.2 Å². The molecule has 3 nitrogen and oxygen atoms in total. The highest BCUT2D eigenvalue weighted by atomic mass is 19.1. The number of nitrogens with one attached hydrogen (secondary N) is 1. The van der Waals surface area contributed by atoms with E-state index in [2.05, 4.69) is 5.32 Å². The third-order valence-corrected chi connectivity index (χ3v) is 2.61. The van der Waals surface area contributed by atoms with Gasteiger partial charge in [0.25, 0.3) is 0 Å². The molecule has 4 heteroatoms. The molecule has 0 heterocycles. The number of carbonyl (C=O) groups excluding carboxylic acids is 1. The van der Waals surface area contributed by atoms with Gasteiger partial charge in [0.15, 0.2) is 0 Å². The maximum atomic E-state index is 13.2. The molecule has 0 aliphatic heterocycles. The first-order chi connectivity index (χ1) is 9.19. The van der Waals surface area contributed by atoms with Crippen molar-refractivity contribution in [2.24, 2.45) is 0 Å². The Labute approximate surface area is 119 Å². The number of halogens is 1. The highest BCUT2D eigenvalue weighted by Gasteiger charge is 2.14. The monoisotopic (exact) mass is 279 g/mol. The van der Waals surface area contributed by atoms with E-state index in [0.29, 0.717) is 6.54 Å². The summed E-state index contributed by atoms with van der Waals surface area (Å²) in [6.45, 7) is 9.52. The first-order valence-electron chi connectivity index (χ1n) is 6.59. The van der Waals surface area contributed by atoms with E-state index in [0.717, 1.165) is 16.7 Å². The number of carbonyl (C=O) groups is 1. The number of hydrogen-bond acceptors (Lipinski definition) is 2. The Morgan fingerprint density at radius 3 is 2.35 bits per heavy atom. The zero-order chi connectivity index (χ0) is 15.3. The summed E-state index contributed by atoms with van der Waals surface area (Å²) in [5.74, 6) is -0.232. The molecule has 0 spiro atoms. The summed E-state index contributed by atoms with van der Waals surface area (Å²) in [4.78, 5) is 11.4. The molecule has 1 N–H and O–H groups in total. The van der Waals surface area contributed by atoms with Crippen molar-refractivity contribution in [2.75, 3.05) is 6.54 Å². The molecule has 1 aromatic rings. The Kier molecular flexibility index (Phi) is 5.31. The Hall–Kier alpha value is -1.84. The quantitative estimate of drug-likeness (QED) is 0.908. The first-order valence-corrected chi connectivity index (χ1v) is 6.59. The molecule has 0 radical (unpaired) electrons. The fourth-order valence-corrected chi connectivity index (χ4v) is 1.82. The van der Waals surface area contributed by atoms with Gasteiger partial charge in [-0.05, 0) is 63.4 Å². The molecule has 1 amide bonds. The van der Waals surface area contributed by atoms with Gasteiger partial charge in [0.05, 0.1) is 0 Å². The summed E-state index contributed by atoms with van der Waals surface area (Å²) in [7, 11) is 0. The molecule has 0 aromatic heterocycles. The number of ether oxygens (including phenoxy) is 1. The van der Waals surface area contributed by atoms with Crippen molar-refractivity contribution in [2.45, 2.75) is 40.2 Å². The van der Waals surface area contributed by atoms with Crippen molar-refractivity contribution in [3.8, 4) is 0 Å². The van der Waals surface area contributed by atoms with Gasteiger partial charge in [-0.1, -0.05) is 12.2 Å². The highest BCUT2D eigenvalue weighted by Crippen LogP contribution is 2.17. The lowest BCUT2D eigenvalue weighted by Gasteiger charge is -2.19. The number of alkyl carbamates (subject to hydrolysis) is 1. The van der Waals surface area contributed by atoms with Gasteiger partial charge in [0, 0.05) is 6.54 Å². The SMILES string of the molecule is Cc1cc(F)cc(C)c1C=CCNC(=O)OC(C)(C)C. The molecular weight excluding hydrogens is 257 g/mol. The van der Waals surface area contributed by atoms with E-state index >= 15 is 0 Å². The standard InChI is InChI=1S/C16H22FNO2/c1-11-9-13(17)10-12(2)14(11)7-6-8-18-15(19)20-16(3,4)5/h6-7,9-10H,8H2,1-5H3,(H,18,19). The van der Waals surface area contributed by atoms with Crippen LogP contribution in [0.3, 0.4) is 0 Å². The van der Waals surface area contributed by atoms with Gasteiger partial charge >= 0.3 is 6.09 Å². The van der Waals surface area contributed by atoms with Crippen LogP contribution in [0.5, 0.6) is 0 Å². The van der Waals surface area contributed by atoms with Gasteiger partial charge < -0.3 is 10.1 Å². The van der Waals surface area contributed by atoms with Gasteiger partial charge in [-0.25, -0.2) is 9.18 Å². The second-order valence-corrected chi connectivity index (χ2v) is 5.74. The normalized spacial score (nSPS) is 11.7. The minimum atomic E-state index is -0.502. The van der Waals surface area contributed by atoms with Crippen LogP contribution in [0.1, 0.15) is 37.5 Å². The summed E-state index contributed by atoms with van der Waals surface area (Å²) < 4.78 is 18.3. The predicted molar refractivity (Wildman–Crippen MR) is 79.1 cm³/mol. The van der Waals surface area contributed by atoms with Gasteiger partial charge in [-0.2, -0.15) is 0 Å². The molecule has 0 fully saturated rings. The van der Waals surface area contributed by atoms with E-state index in [-0.39, 0.29) is 5.82 Å². The van der Waals surface area contributed by atoms with E-state index < -0.39 is 11.7 Å². The number of benzene rings is 1. The minimum Gasteiger partial charge on any atom is -0.444 e. The lowest BCUT2D eigenvalue weighted by molar-refractivity contribution is 0.0534. The summed E-state index contributed by atoms with van der Waals surface area (Å²) in [5, 5.41) is 2.64. The van der Waals surface area contributed by atoms with Crippen LogP contribution < -0.4 is 5.32 Å². The van der Waals surface area contributed by atoms with Crippen molar-refractivity contribution >= 4 is 12.2 Å². The van der Waals surface area contributed by atoms with E-state index in [4.69, 9.17) is 4.74 Å². The Balaban J connectivity index is 2.56. The van der Waals surface area contributed by atoms with E-state index in [1.54, 1.807) is 0 Å². The molecule has 1 rings (SSSR count). The fraction of sp³-hybridized carbons (Fsp3) is 0.438. The third-order valence-electron chi connectivity index (χ3n) is 2.61. The molecule has 20 heavy (non-hydrogen) atoms. The van der Waals surface area contributed by atoms with Gasteiger partial charge in [-0.3, -0.25) is 0 Å². The average Bonchev–Trinajstić information content (AvgIpc) is 2.23. The van der Waals surface area contributed by atoms with Crippen LogP contribution >= 0.6 is 0 Å². The maximum absolute atomic E-state index is 13.2. The lowest BCUT2D eigenvalue weighted by atomic mass is 10.0. The predicted octanol–water partition coefficient (Wildman–Crippen LogP) is 3.98. The fourth-order valence-electron chi connectivity index (χ4n) is 1.82. The summed E-state index contributed by atoms with van der Waals surface area (Å²) >= 11 is 0. The number of hydrogen-bond donors (Lipinski definition) is 1. The molecule has 1 aromatic carbocycles. The first kappa shape index (κ1) is 16.2. The Morgan fingerprint density at radius 1 is 1.30 bits per heavy atom. The number of amides is 1. The van der Waals surface area contributed by atoms with Gasteiger partial charge in [-0.15, -0.1) is 0 Å². The van der Waals surface area contributed by atoms with E-state index in [1.807, 2.05) is 46.8 Å². The summed E-state index contributed by atoms with van der Waals surface area (Å²) in [6, 6.07) is 2.99. The van der Waals surface area contributed by atoms with Crippen LogP contribution in [0, 0.1) is 19.7 Å². The van der Waals surface area contributed by atoms with Crippen molar-refractivity contribution < 1.29 is 13.9 Å². The molecule has 0 unspecified atom stereocenters. The number of aryl methyl sites for hydroxylation is 2. The van der Waals surface area contributed by atoms with Gasteiger partial charge in [0.1, 0.15) is 11.4 Å². The zero-order valence-electron chi connectivity index (χ0n) is 12.7. The molecule has 0 saturated heterocycles. The van der Waals surface area contributed by atoms with Crippen molar-refractivity contribution in [1.82, 2.24) is 5.32 Å². The van der Waals surface area contributed by atoms with Crippen LogP contribution in [0.15, 0.2) is 18.2 Å². The third kappa shape index (κ3) is 5.43. The molecule has 0 atom stereocenters. The molecular formula is C16H22FNO2. The van der Waals surface area contributed by atoms with Crippen LogP contribution in [0.2, 0.25) is 0 Å². The van der Waals surface area contributed by atoms with Gasteiger partial charge in [0.2, 0.25) is 0 Å². The second-order valence-electron chi connectivity index (χ2n) is 5.74. The maximum Gasteiger partial charge on any atom is 0.407 e. The molecule has 0 aliphatic carbocycles. The van der Waals surface area contributed by atoms with Crippen molar-refractivity contribution in [3.05, 3.63) is 40.7 Å². The van der Waals surface area contributed by atoms with E-state index in [9.17, 15) is 9.18 Å². The smallest absolute Gasteiger partial charge is 0.407 e. The molecule has 0 bridgehead atoms. The second kappa shape index (κ2) is 6.55. The molecule has 0 saturated carbocycles. The summed E-state index contributed by atoms with van der Waals surface area (Å²) in [6.07, 6.45) is 3.24. The zero-order valence-corrected chi connectivity index (χ0v) is 12.7. The highest BCUT2D eigenvalue weighted by molar-refractivity contribution is 5.68. The Bertz CT molecular complexity index is 493. The van der Waals surface area contributed by atoms with Crippen LogP contribution in [0.25, 0.3) is 6.08 Å². The lowest BCUT2D eigenvalue weighted by Crippen LogP contribution is -2.32. The summed E-state index contributed by atoms with van der Waals surface area (Å²) in [5.41, 5.74) is 2.21. The average molecular weight is 279 g/mol. The topological polar surface area (TPSA) is 38.3 Å². The van der Waals surface area contributed by atoms with Crippen LogP contribution in [0.4, 0.5) is 9.18 Å². The van der Waals surface area contributed by atoms with Crippen molar-refractivity contribution in [3.63, 3.8) is 0 Å². The minimum absolute atomic E-state index is 0.232. The van der Waals surface area contributed by atoms with E-state index in [1.165, 1.54) is 12.1 Å².